The van der Waals surface area contributed by atoms with Crippen molar-refractivity contribution >= 4 is 0 Å². The van der Waals surface area contributed by atoms with Gasteiger partial charge in [0.1, 0.15) is 0 Å². The molecule has 3 nitrogen and oxygen atoms in total. The first kappa shape index (κ1) is 15.7. The molecule has 0 heterocycles. The summed E-state index contributed by atoms with van der Waals surface area (Å²) in [6.45, 7) is 5.49. The van der Waals surface area contributed by atoms with Gasteiger partial charge in [-0.1, -0.05) is 6.92 Å². The molecule has 0 aromatic carbocycles. The van der Waals surface area contributed by atoms with Gasteiger partial charge in [0.15, 0.2) is 6.10 Å². The van der Waals surface area contributed by atoms with Crippen LogP contribution in [0.4, 0.5) is 13.2 Å². The highest BCUT2D eigenvalue weighted by Gasteiger charge is 2.44. The first-order chi connectivity index (χ1) is 7.32. The average molecular weight is 243 g/mol. The Morgan fingerprint density at radius 2 is 1.81 bits per heavy atom. The van der Waals surface area contributed by atoms with Gasteiger partial charge in [-0.25, -0.2) is 0 Å². The summed E-state index contributed by atoms with van der Waals surface area (Å²) in [7, 11) is 0. The largest absolute Gasteiger partial charge is 0.416 e. The number of rotatable bonds is 7. The van der Waals surface area contributed by atoms with Gasteiger partial charge in [-0.15, -0.1) is 0 Å². The van der Waals surface area contributed by atoms with Crippen molar-refractivity contribution in [3.63, 3.8) is 0 Å². The highest BCUT2D eigenvalue weighted by molar-refractivity contribution is 4.80. The van der Waals surface area contributed by atoms with Crippen molar-refractivity contribution in [2.24, 2.45) is 5.73 Å². The zero-order valence-electron chi connectivity index (χ0n) is 9.88. The summed E-state index contributed by atoms with van der Waals surface area (Å²) in [5.74, 6) is 0. The summed E-state index contributed by atoms with van der Waals surface area (Å²) in [6, 6.07) is -1.04. The fourth-order valence-corrected chi connectivity index (χ4v) is 1.21. The Morgan fingerprint density at radius 1 is 1.25 bits per heavy atom. The van der Waals surface area contributed by atoms with Gasteiger partial charge in [-0.2, -0.15) is 13.2 Å². The lowest BCUT2D eigenvalue weighted by atomic mass is 10.1. The fourth-order valence-electron chi connectivity index (χ4n) is 1.21. The van der Waals surface area contributed by atoms with E-state index in [9.17, 15) is 13.2 Å². The smallest absolute Gasteiger partial charge is 0.379 e. The Labute approximate surface area is 94.1 Å². The van der Waals surface area contributed by atoms with E-state index >= 15 is 0 Å². The molecule has 0 fully saturated rings. The number of hydrogen-bond donors (Lipinski definition) is 1. The van der Waals surface area contributed by atoms with Crippen LogP contribution in [0.3, 0.4) is 0 Å². The second-order valence-corrected chi connectivity index (χ2v) is 3.64. The Balaban J connectivity index is 4.32. The fraction of sp³-hybridized carbons (Fsp3) is 1.00. The minimum Gasteiger partial charge on any atom is -0.379 e. The molecule has 6 heteroatoms. The molecule has 0 aliphatic heterocycles. The van der Waals surface area contributed by atoms with Crippen molar-refractivity contribution in [3.8, 4) is 0 Å². The monoisotopic (exact) mass is 243 g/mol. The van der Waals surface area contributed by atoms with E-state index in [1.807, 2.05) is 0 Å². The molecule has 2 N–H and O–H groups in total. The third kappa shape index (κ3) is 5.67. The zero-order chi connectivity index (χ0) is 12.8. The van der Waals surface area contributed by atoms with E-state index in [0.717, 1.165) is 0 Å². The van der Waals surface area contributed by atoms with Gasteiger partial charge in [-0.3, -0.25) is 0 Å². The van der Waals surface area contributed by atoms with E-state index in [0.29, 0.717) is 6.61 Å². The second-order valence-electron chi connectivity index (χ2n) is 3.64. The van der Waals surface area contributed by atoms with Crippen molar-refractivity contribution in [1.29, 1.82) is 0 Å². The number of halogens is 3. The molecular weight excluding hydrogens is 223 g/mol. The second kappa shape index (κ2) is 7.09. The Hall–Kier alpha value is -0.330. The first-order valence-electron chi connectivity index (χ1n) is 5.38. The van der Waals surface area contributed by atoms with Crippen LogP contribution in [-0.2, 0) is 9.47 Å². The summed E-state index contributed by atoms with van der Waals surface area (Å²) in [5, 5.41) is 0. The molecule has 0 bridgehead atoms. The molecule has 98 valence electrons. The van der Waals surface area contributed by atoms with Crippen molar-refractivity contribution in [3.05, 3.63) is 0 Å². The summed E-state index contributed by atoms with van der Waals surface area (Å²) in [4.78, 5) is 0. The Kier molecular flexibility index (Phi) is 6.94. The lowest BCUT2D eigenvalue weighted by molar-refractivity contribution is -0.241. The van der Waals surface area contributed by atoms with E-state index in [2.05, 4.69) is 0 Å². The molecule has 0 spiro atoms. The summed E-state index contributed by atoms with van der Waals surface area (Å²) >= 11 is 0. The minimum absolute atomic E-state index is 0.138. The van der Waals surface area contributed by atoms with Gasteiger partial charge in [-0.05, 0) is 20.3 Å². The van der Waals surface area contributed by atoms with Gasteiger partial charge in [0.2, 0.25) is 0 Å². The zero-order valence-corrected chi connectivity index (χ0v) is 9.88. The predicted octanol–water partition coefficient (Wildman–Crippen LogP) is 2.10. The molecule has 3 atom stereocenters. The molecule has 0 amide bonds. The van der Waals surface area contributed by atoms with Crippen LogP contribution < -0.4 is 5.73 Å². The van der Waals surface area contributed by atoms with Gasteiger partial charge >= 0.3 is 6.18 Å². The van der Waals surface area contributed by atoms with Crippen LogP contribution in [0.1, 0.15) is 27.2 Å². The molecule has 0 aromatic rings. The Morgan fingerprint density at radius 3 is 2.19 bits per heavy atom. The molecule has 0 saturated carbocycles. The van der Waals surface area contributed by atoms with Crippen LogP contribution in [-0.4, -0.2) is 37.6 Å². The molecule has 0 radical (unpaired) electrons. The molecule has 0 aromatic heterocycles. The van der Waals surface area contributed by atoms with Crippen molar-refractivity contribution in [2.75, 3.05) is 13.2 Å². The molecule has 0 rings (SSSR count). The third-order valence-electron chi connectivity index (χ3n) is 2.12. The lowest BCUT2D eigenvalue weighted by Crippen LogP contribution is -2.48. The SMILES string of the molecule is CCOCC(C)OC(C(N)CC)C(F)(F)F. The van der Waals surface area contributed by atoms with E-state index in [-0.39, 0.29) is 13.0 Å². The summed E-state index contributed by atoms with van der Waals surface area (Å²) < 4.78 is 47.7. The lowest BCUT2D eigenvalue weighted by Gasteiger charge is -2.28. The van der Waals surface area contributed by atoms with Crippen LogP contribution in [0.5, 0.6) is 0 Å². The summed E-state index contributed by atoms with van der Waals surface area (Å²) in [5.41, 5.74) is 5.39. The summed E-state index contributed by atoms with van der Waals surface area (Å²) in [6.07, 6.45) is -6.77. The van der Waals surface area contributed by atoms with Crippen LogP contribution in [0.2, 0.25) is 0 Å². The average Bonchev–Trinajstić information content (AvgIpc) is 2.20. The molecule has 16 heavy (non-hydrogen) atoms. The standard InChI is InChI=1S/C10H20F3NO2/c1-4-8(14)9(10(11,12)13)16-7(3)6-15-5-2/h7-9H,4-6,14H2,1-3H3. The van der Waals surface area contributed by atoms with Crippen LogP contribution in [0.15, 0.2) is 0 Å². The van der Waals surface area contributed by atoms with Crippen LogP contribution in [0.25, 0.3) is 0 Å². The maximum absolute atomic E-state index is 12.6. The molecule has 0 aliphatic carbocycles. The maximum Gasteiger partial charge on any atom is 0.416 e. The van der Waals surface area contributed by atoms with Crippen LogP contribution >= 0.6 is 0 Å². The van der Waals surface area contributed by atoms with Crippen molar-refractivity contribution < 1.29 is 22.6 Å². The highest BCUT2D eigenvalue weighted by Crippen LogP contribution is 2.26. The molecular formula is C10H20F3NO2. The van der Waals surface area contributed by atoms with Crippen molar-refractivity contribution in [2.45, 2.75) is 51.6 Å². The van der Waals surface area contributed by atoms with Gasteiger partial charge in [0.25, 0.3) is 0 Å². The number of ether oxygens (including phenoxy) is 2. The highest BCUT2D eigenvalue weighted by atomic mass is 19.4. The van der Waals surface area contributed by atoms with Gasteiger partial charge < -0.3 is 15.2 Å². The van der Waals surface area contributed by atoms with Crippen molar-refractivity contribution in [1.82, 2.24) is 0 Å². The quantitative estimate of drug-likeness (QED) is 0.744. The molecule has 3 unspecified atom stereocenters. The minimum atomic E-state index is -4.43. The van der Waals surface area contributed by atoms with Gasteiger partial charge in [0, 0.05) is 12.6 Å². The van der Waals surface area contributed by atoms with Gasteiger partial charge in [0.05, 0.1) is 12.7 Å². The van der Waals surface area contributed by atoms with E-state index in [1.165, 1.54) is 6.92 Å². The normalized spacial score (nSPS) is 18.2. The maximum atomic E-state index is 12.6. The molecule has 0 aliphatic rings. The Bertz CT molecular complexity index is 187. The molecule has 0 saturated heterocycles. The van der Waals surface area contributed by atoms with Crippen LogP contribution in [0, 0.1) is 0 Å². The number of alkyl halides is 3. The van der Waals surface area contributed by atoms with E-state index in [4.69, 9.17) is 15.2 Å². The predicted molar refractivity (Wildman–Crippen MR) is 55.1 cm³/mol. The third-order valence-corrected chi connectivity index (χ3v) is 2.12. The topological polar surface area (TPSA) is 44.5 Å². The van der Waals surface area contributed by atoms with E-state index < -0.39 is 24.4 Å². The van der Waals surface area contributed by atoms with E-state index in [1.54, 1.807) is 13.8 Å². The number of nitrogens with two attached hydrogens (primary N) is 1. The first-order valence-corrected chi connectivity index (χ1v) is 5.38. The number of hydrogen-bond acceptors (Lipinski definition) is 3.